The van der Waals surface area contributed by atoms with Crippen molar-refractivity contribution in [3.63, 3.8) is 0 Å². The fraction of sp³-hybridized carbons (Fsp3) is 0.600. The van der Waals surface area contributed by atoms with Crippen LogP contribution in [0.15, 0.2) is 12.3 Å². The molecule has 2 aliphatic rings. The number of nitrogens with zero attached hydrogens (tertiary/aromatic N) is 2. The number of pyridine rings is 1. The minimum Gasteiger partial charge on any atom is -0.338 e. The van der Waals surface area contributed by atoms with Gasteiger partial charge in [0.2, 0.25) is 0 Å². The van der Waals surface area contributed by atoms with Crippen LogP contribution in [0.2, 0.25) is 10.2 Å². The molecule has 2 fully saturated rings. The van der Waals surface area contributed by atoms with Gasteiger partial charge in [0.05, 0.1) is 10.6 Å². The molecule has 1 aliphatic carbocycles. The van der Waals surface area contributed by atoms with Gasteiger partial charge in [-0.3, -0.25) is 4.79 Å². The van der Waals surface area contributed by atoms with Crippen molar-refractivity contribution in [1.82, 2.24) is 9.88 Å². The van der Waals surface area contributed by atoms with Gasteiger partial charge in [0.25, 0.3) is 5.91 Å². The summed E-state index contributed by atoms with van der Waals surface area (Å²) >= 11 is 11.7. The molecule has 0 N–H and O–H groups in total. The molecule has 1 amide bonds. The van der Waals surface area contributed by atoms with Gasteiger partial charge < -0.3 is 4.90 Å². The maximum Gasteiger partial charge on any atom is 0.255 e. The molecule has 20 heavy (non-hydrogen) atoms. The van der Waals surface area contributed by atoms with Crippen molar-refractivity contribution in [3.8, 4) is 0 Å². The van der Waals surface area contributed by atoms with Crippen LogP contribution in [0.1, 0.15) is 42.5 Å². The van der Waals surface area contributed by atoms with Crippen LogP contribution in [0.4, 0.5) is 0 Å². The number of rotatable bonds is 1. The SMILES string of the molecule is O=C(c1cnc(Cl)c(Cl)c1)N1CCC2CCCCC2C1. The van der Waals surface area contributed by atoms with E-state index in [2.05, 4.69) is 4.98 Å². The number of hydrogen-bond acceptors (Lipinski definition) is 2. The van der Waals surface area contributed by atoms with Gasteiger partial charge in [-0.15, -0.1) is 0 Å². The molecule has 0 aromatic carbocycles. The highest BCUT2D eigenvalue weighted by Crippen LogP contribution is 2.36. The lowest BCUT2D eigenvalue weighted by Crippen LogP contribution is -2.44. The third kappa shape index (κ3) is 2.79. The van der Waals surface area contributed by atoms with E-state index in [1.54, 1.807) is 6.07 Å². The Morgan fingerprint density at radius 3 is 2.70 bits per heavy atom. The van der Waals surface area contributed by atoms with Crippen LogP contribution in [0, 0.1) is 11.8 Å². The molecule has 3 rings (SSSR count). The second-order valence-electron chi connectivity index (χ2n) is 5.84. The number of fused-ring (bicyclic) bond motifs is 1. The van der Waals surface area contributed by atoms with Crippen molar-refractivity contribution in [2.24, 2.45) is 11.8 Å². The summed E-state index contributed by atoms with van der Waals surface area (Å²) in [6, 6.07) is 1.62. The summed E-state index contributed by atoms with van der Waals surface area (Å²) in [5.74, 6) is 1.53. The Kier molecular flexibility index (Phi) is 4.18. The molecule has 0 radical (unpaired) electrons. The molecular formula is C15H18Cl2N2O. The van der Waals surface area contributed by atoms with Gasteiger partial charge in [-0.2, -0.15) is 0 Å². The Bertz CT molecular complexity index is 521. The van der Waals surface area contributed by atoms with E-state index in [4.69, 9.17) is 23.2 Å². The first-order valence-corrected chi connectivity index (χ1v) is 8.01. The van der Waals surface area contributed by atoms with Crippen LogP contribution in [-0.4, -0.2) is 28.9 Å². The quantitative estimate of drug-likeness (QED) is 0.733. The second kappa shape index (κ2) is 5.90. The molecular weight excluding hydrogens is 295 g/mol. The average Bonchev–Trinajstić information content (AvgIpc) is 2.49. The third-order valence-corrected chi connectivity index (χ3v) is 5.31. The third-order valence-electron chi connectivity index (χ3n) is 4.62. The predicted molar refractivity (Wildman–Crippen MR) is 80.2 cm³/mol. The molecule has 0 spiro atoms. The summed E-state index contributed by atoms with van der Waals surface area (Å²) in [6.07, 6.45) is 7.90. The van der Waals surface area contributed by atoms with Gasteiger partial charge in [-0.05, 0) is 30.7 Å². The number of likely N-dealkylation sites (tertiary alicyclic amines) is 1. The first-order chi connectivity index (χ1) is 9.65. The molecule has 1 aliphatic heterocycles. The van der Waals surface area contributed by atoms with Gasteiger partial charge in [0, 0.05) is 19.3 Å². The van der Waals surface area contributed by atoms with E-state index in [9.17, 15) is 4.79 Å². The minimum absolute atomic E-state index is 0.0279. The Morgan fingerprint density at radius 1 is 1.20 bits per heavy atom. The molecule has 2 heterocycles. The fourth-order valence-electron chi connectivity index (χ4n) is 3.51. The summed E-state index contributed by atoms with van der Waals surface area (Å²) in [7, 11) is 0. The molecule has 0 bridgehead atoms. The van der Waals surface area contributed by atoms with Gasteiger partial charge in [-0.25, -0.2) is 4.98 Å². The lowest BCUT2D eigenvalue weighted by atomic mass is 9.75. The molecule has 2 atom stereocenters. The van der Waals surface area contributed by atoms with Crippen LogP contribution >= 0.6 is 23.2 Å². The topological polar surface area (TPSA) is 33.2 Å². The first kappa shape index (κ1) is 14.2. The van der Waals surface area contributed by atoms with Crippen molar-refractivity contribution >= 4 is 29.1 Å². The normalized spacial score (nSPS) is 26.2. The largest absolute Gasteiger partial charge is 0.338 e. The molecule has 5 heteroatoms. The van der Waals surface area contributed by atoms with Crippen molar-refractivity contribution < 1.29 is 4.79 Å². The van der Waals surface area contributed by atoms with Crippen LogP contribution < -0.4 is 0 Å². The smallest absolute Gasteiger partial charge is 0.255 e. The lowest BCUT2D eigenvalue weighted by molar-refractivity contribution is 0.0520. The van der Waals surface area contributed by atoms with E-state index >= 15 is 0 Å². The van der Waals surface area contributed by atoms with Gasteiger partial charge in [-0.1, -0.05) is 42.5 Å². The number of halogens is 2. The van der Waals surface area contributed by atoms with Gasteiger partial charge >= 0.3 is 0 Å². The Labute approximate surface area is 129 Å². The number of carbonyl (C=O) groups excluding carboxylic acids is 1. The fourth-order valence-corrected chi connectivity index (χ4v) is 3.78. The Hall–Kier alpha value is -0.800. The maximum atomic E-state index is 12.5. The highest BCUT2D eigenvalue weighted by atomic mass is 35.5. The summed E-state index contributed by atoms with van der Waals surface area (Å²) < 4.78 is 0. The highest BCUT2D eigenvalue weighted by Gasteiger charge is 2.33. The minimum atomic E-state index is 0.0279. The maximum absolute atomic E-state index is 12.5. The van der Waals surface area contributed by atoms with Crippen LogP contribution in [0.5, 0.6) is 0 Å². The monoisotopic (exact) mass is 312 g/mol. The summed E-state index contributed by atoms with van der Waals surface area (Å²) in [6.45, 7) is 1.73. The highest BCUT2D eigenvalue weighted by molar-refractivity contribution is 6.41. The number of hydrogen-bond donors (Lipinski definition) is 0. The van der Waals surface area contributed by atoms with E-state index < -0.39 is 0 Å². The van der Waals surface area contributed by atoms with E-state index in [-0.39, 0.29) is 11.1 Å². The van der Waals surface area contributed by atoms with Gasteiger partial charge in [0.15, 0.2) is 0 Å². The van der Waals surface area contributed by atoms with Crippen LogP contribution in [0.3, 0.4) is 0 Å². The molecule has 108 valence electrons. The average molecular weight is 313 g/mol. The number of piperidine rings is 1. The molecule has 1 aromatic heterocycles. The zero-order valence-corrected chi connectivity index (χ0v) is 12.8. The second-order valence-corrected chi connectivity index (χ2v) is 6.61. The number of amides is 1. The molecule has 3 nitrogen and oxygen atoms in total. The van der Waals surface area contributed by atoms with E-state index in [0.717, 1.165) is 25.4 Å². The zero-order valence-electron chi connectivity index (χ0n) is 11.3. The molecule has 1 saturated carbocycles. The van der Waals surface area contributed by atoms with Crippen molar-refractivity contribution in [3.05, 3.63) is 28.0 Å². The Morgan fingerprint density at radius 2 is 1.95 bits per heavy atom. The van der Waals surface area contributed by atoms with Crippen molar-refractivity contribution in [2.45, 2.75) is 32.1 Å². The lowest BCUT2D eigenvalue weighted by Gasteiger charge is -2.41. The zero-order chi connectivity index (χ0) is 14.1. The molecule has 2 unspecified atom stereocenters. The van der Waals surface area contributed by atoms with E-state index in [1.807, 2.05) is 4.90 Å². The van der Waals surface area contributed by atoms with Crippen LogP contribution in [0.25, 0.3) is 0 Å². The molecule has 1 aromatic rings. The number of carbonyl (C=O) groups is 1. The van der Waals surface area contributed by atoms with E-state index in [1.165, 1.54) is 31.9 Å². The number of aromatic nitrogens is 1. The molecule has 1 saturated heterocycles. The summed E-state index contributed by atoms with van der Waals surface area (Å²) in [5.41, 5.74) is 0.536. The van der Waals surface area contributed by atoms with Crippen molar-refractivity contribution in [2.75, 3.05) is 13.1 Å². The van der Waals surface area contributed by atoms with E-state index in [0.29, 0.717) is 16.5 Å². The Balaban J connectivity index is 1.72. The summed E-state index contributed by atoms with van der Waals surface area (Å²) in [5, 5.41) is 0.583. The standard InChI is InChI=1S/C15H18Cl2N2O/c16-13-7-12(8-18-14(13)17)15(20)19-6-5-10-3-1-2-4-11(10)9-19/h7-8,10-11H,1-6,9H2. The van der Waals surface area contributed by atoms with Crippen LogP contribution in [-0.2, 0) is 0 Å². The first-order valence-electron chi connectivity index (χ1n) is 7.25. The summed E-state index contributed by atoms with van der Waals surface area (Å²) in [4.78, 5) is 18.4. The predicted octanol–water partition coefficient (Wildman–Crippen LogP) is 4.04. The van der Waals surface area contributed by atoms with Gasteiger partial charge in [0.1, 0.15) is 5.15 Å². The van der Waals surface area contributed by atoms with Crippen molar-refractivity contribution in [1.29, 1.82) is 0 Å².